The Balaban J connectivity index is 2.27. The van der Waals surface area contributed by atoms with Crippen LogP contribution < -0.4 is 5.32 Å². The summed E-state index contributed by atoms with van der Waals surface area (Å²) in [5, 5.41) is 2.71. The predicted octanol–water partition coefficient (Wildman–Crippen LogP) is 2.50. The van der Waals surface area contributed by atoms with E-state index < -0.39 is 17.8 Å². The van der Waals surface area contributed by atoms with Crippen molar-refractivity contribution < 1.29 is 13.2 Å². The van der Waals surface area contributed by atoms with Crippen molar-refractivity contribution in [1.29, 1.82) is 0 Å². The molecule has 0 spiro atoms. The van der Waals surface area contributed by atoms with E-state index in [2.05, 4.69) is 5.32 Å². The van der Waals surface area contributed by atoms with E-state index in [1.165, 1.54) is 24.3 Å². The number of alkyl halides is 2. The first kappa shape index (κ1) is 9.52. The van der Waals surface area contributed by atoms with Crippen molar-refractivity contribution in [2.24, 2.45) is 0 Å². The van der Waals surface area contributed by atoms with Gasteiger partial charge in [0.15, 0.2) is 0 Å². The summed E-state index contributed by atoms with van der Waals surface area (Å²) in [4.78, 5) is 0. The van der Waals surface area contributed by atoms with E-state index in [4.69, 9.17) is 0 Å². The van der Waals surface area contributed by atoms with Crippen molar-refractivity contribution in [2.75, 3.05) is 6.54 Å². The predicted molar refractivity (Wildman–Crippen MR) is 46.7 cm³/mol. The van der Waals surface area contributed by atoms with Gasteiger partial charge in [0.2, 0.25) is 0 Å². The Bertz CT molecular complexity index is 321. The van der Waals surface area contributed by atoms with E-state index in [0.29, 0.717) is 12.1 Å². The molecule has 1 fully saturated rings. The van der Waals surface area contributed by atoms with Crippen LogP contribution in [0.3, 0.4) is 0 Å². The van der Waals surface area contributed by atoms with E-state index in [0.717, 1.165) is 0 Å². The molecule has 0 bridgehead atoms. The van der Waals surface area contributed by atoms with Gasteiger partial charge in [0.25, 0.3) is 5.92 Å². The van der Waals surface area contributed by atoms with Crippen molar-refractivity contribution in [2.45, 2.75) is 18.4 Å². The average Bonchev–Trinajstić information content (AvgIpc) is 2.47. The molecule has 1 aromatic rings. The van der Waals surface area contributed by atoms with Crippen LogP contribution in [0.2, 0.25) is 0 Å². The van der Waals surface area contributed by atoms with Crippen LogP contribution in [0.5, 0.6) is 0 Å². The lowest BCUT2D eigenvalue weighted by molar-refractivity contribution is -0.0117. The van der Waals surface area contributed by atoms with Crippen LogP contribution in [0.15, 0.2) is 24.3 Å². The first-order valence-electron chi connectivity index (χ1n) is 4.46. The van der Waals surface area contributed by atoms with Gasteiger partial charge in [-0.1, -0.05) is 12.1 Å². The van der Waals surface area contributed by atoms with Crippen LogP contribution in [0, 0.1) is 5.82 Å². The Labute approximate surface area is 79.9 Å². The highest BCUT2D eigenvalue weighted by atomic mass is 19.3. The molecule has 14 heavy (non-hydrogen) atoms. The number of nitrogens with one attached hydrogen (secondary N) is 1. The minimum Gasteiger partial charge on any atom is -0.305 e. The third-order valence-electron chi connectivity index (χ3n) is 2.43. The molecule has 2 rings (SSSR count). The molecule has 76 valence electrons. The van der Waals surface area contributed by atoms with Crippen molar-refractivity contribution in [3.63, 3.8) is 0 Å². The maximum absolute atomic E-state index is 13.2. The van der Waals surface area contributed by atoms with E-state index in [1.54, 1.807) is 0 Å². The average molecular weight is 201 g/mol. The smallest absolute Gasteiger partial charge is 0.268 e. The van der Waals surface area contributed by atoms with Gasteiger partial charge in [-0.2, -0.15) is 0 Å². The summed E-state index contributed by atoms with van der Waals surface area (Å²) in [7, 11) is 0. The second kappa shape index (κ2) is 3.28. The Morgan fingerprint density at radius 1 is 1.21 bits per heavy atom. The third kappa shape index (κ3) is 1.62. The number of hydrogen-bond donors (Lipinski definition) is 1. The zero-order chi connectivity index (χ0) is 10.2. The second-order valence-corrected chi connectivity index (χ2v) is 3.45. The molecule has 1 N–H and O–H groups in total. The lowest BCUT2D eigenvalue weighted by Crippen LogP contribution is -2.26. The molecule has 0 amide bonds. The number of rotatable bonds is 1. The number of halogens is 3. The maximum Gasteiger partial charge on any atom is 0.268 e. The fourth-order valence-electron chi connectivity index (χ4n) is 1.69. The Morgan fingerprint density at radius 2 is 1.86 bits per heavy atom. The highest BCUT2D eigenvalue weighted by Crippen LogP contribution is 2.37. The topological polar surface area (TPSA) is 12.0 Å². The lowest BCUT2D eigenvalue weighted by Gasteiger charge is -2.18. The zero-order valence-electron chi connectivity index (χ0n) is 7.43. The summed E-state index contributed by atoms with van der Waals surface area (Å²) in [6.45, 7) is 0.301. The van der Waals surface area contributed by atoms with Crippen molar-refractivity contribution >= 4 is 0 Å². The van der Waals surface area contributed by atoms with Crippen LogP contribution in [0.25, 0.3) is 0 Å². The minimum absolute atomic E-state index is 0.158. The van der Waals surface area contributed by atoms with Gasteiger partial charge in [-0.25, -0.2) is 13.2 Å². The summed E-state index contributed by atoms with van der Waals surface area (Å²) >= 11 is 0. The van der Waals surface area contributed by atoms with Crippen molar-refractivity contribution in [3.8, 4) is 0 Å². The molecular weight excluding hydrogens is 191 g/mol. The Morgan fingerprint density at radius 3 is 2.36 bits per heavy atom. The van der Waals surface area contributed by atoms with Gasteiger partial charge >= 0.3 is 0 Å². The van der Waals surface area contributed by atoms with Gasteiger partial charge in [0.1, 0.15) is 5.82 Å². The van der Waals surface area contributed by atoms with E-state index in [9.17, 15) is 13.2 Å². The van der Waals surface area contributed by atoms with Crippen LogP contribution >= 0.6 is 0 Å². The zero-order valence-corrected chi connectivity index (χ0v) is 7.43. The van der Waals surface area contributed by atoms with Gasteiger partial charge in [0.05, 0.1) is 6.04 Å². The molecule has 1 aliphatic rings. The molecule has 1 saturated heterocycles. The van der Waals surface area contributed by atoms with Crippen LogP contribution in [-0.2, 0) is 0 Å². The molecule has 1 heterocycles. The maximum atomic E-state index is 13.2. The monoisotopic (exact) mass is 201 g/mol. The fourth-order valence-corrected chi connectivity index (χ4v) is 1.69. The van der Waals surface area contributed by atoms with Gasteiger partial charge in [-0.3, -0.25) is 0 Å². The standard InChI is InChI=1S/C10H10F3N/c11-8-3-1-7(2-4-8)9-10(12,13)5-6-14-9/h1-4,9,14H,5-6H2. The summed E-state index contributed by atoms with van der Waals surface area (Å²) < 4.78 is 39.0. The number of hydrogen-bond acceptors (Lipinski definition) is 1. The summed E-state index contributed by atoms with van der Waals surface area (Å²) in [6, 6.07) is 4.22. The molecule has 1 nitrogen and oxygen atoms in total. The van der Waals surface area contributed by atoms with Gasteiger partial charge in [-0.05, 0) is 17.7 Å². The Kier molecular flexibility index (Phi) is 2.23. The molecular formula is C10H10F3N. The fraction of sp³-hybridized carbons (Fsp3) is 0.400. The summed E-state index contributed by atoms with van der Waals surface area (Å²) in [6.07, 6.45) is -0.158. The highest BCUT2D eigenvalue weighted by Gasteiger charge is 2.44. The molecule has 1 aliphatic heterocycles. The van der Waals surface area contributed by atoms with Gasteiger partial charge < -0.3 is 5.32 Å². The summed E-state index contributed by atoms with van der Waals surface area (Å²) in [5.41, 5.74) is 0.439. The largest absolute Gasteiger partial charge is 0.305 e. The van der Waals surface area contributed by atoms with Gasteiger partial charge in [0, 0.05) is 13.0 Å². The van der Waals surface area contributed by atoms with E-state index in [-0.39, 0.29) is 6.42 Å². The molecule has 1 aromatic carbocycles. The molecule has 0 saturated carbocycles. The first-order valence-corrected chi connectivity index (χ1v) is 4.46. The van der Waals surface area contributed by atoms with Crippen LogP contribution in [0.1, 0.15) is 18.0 Å². The van der Waals surface area contributed by atoms with E-state index >= 15 is 0 Å². The second-order valence-electron chi connectivity index (χ2n) is 3.45. The molecule has 0 aromatic heterocycles. The highest BCUT2D eigenvalue weighted by molar-refractivity contribution is 5.23. The Hall–Kier alpha value is -1.03. The first-order chi connectivity index (χ1) is 6.59. The molecule has 0 radical (unpaired) electrons. The molecule has 0 aliphatic carbocycles. The van der Waals surface area contributed by atoms with Gasteiger partial charge in [-0.15, -0.1) is 0 Å². The van der Waals surface area contributed by atoms with Crippen LogP contribution in [-0.4, -0.2) is 12.5 Å². The minimum atomic E-state index is -2.72. The lowest BCUT2D eigenvalue weighted by atomic mass is 10.0. The van der Waals surface area contributed by atoms with Crippen molar-refractivity contribution in [1.82, 2.24) is 5.32 Å². The quantitative estimate of drug-likeness (QED) is 0.736. The molecule has 1 unspecified atom stereocenters. The normalized spacial score (nSPS) is 25.2. The van der Waals surface area contributed by atoms with Crippen molar-refractivity contribution in [3.05, 3.63) is 35.6 Å². The SMILES string of the molecule is Fc1ccc(C2NCCC2(F)F)cc1. The summed E-state index contributed by atoms with van der Waals surface area (Å²) in [5.74, 6) is -3.13. The van der Waals surface area contributed by atoms with E-state index in [1.807, 2.05) is 0 Å². The van der Waals surface area contributed by atoms with Crippen LogP contribution in [0.4, 0.5) is 13.2 Å². The molecule has 4 heteroatoms. The molecule has 1 atom stereocenters. The number of benzene rings is 1. The third-order valence-corrected chi connectivity index (χ3v) is 2.43.